The number of nitro benzene ring substituents is 2. The van der Waals surface area contributed by atoms with Crippen molar-refractivity contribution in [3.05, 3.63) is 36.9 Å². The van der Waals surface area contributed by atoms with E-state index in [0.717, 1.165) is 13.2 Å². The molecule has 1 fully saturated rings. The van der Waals surface area contributed by atoms with Gasteiger partial charge in [-0.15, -0.1) is 0 Å². The van der Waals surface area contributed by atoms with Crippen molar-refractivity contribution in [3.63, 3.8) is 0 Å². The first-order valence-corrected chi connectivity index (χ1v) is 6.95. The van der Waals surface area contributed by atoms with Crippen molar-refractivity contribution in [2.45, 2.75) is 0 Å². The lowest BCUT2D eigenvalue weighted by atomic mass is 10.1. The van der Waals surface area contributed by atoms with Crippen LogP contribution in [0.3, 0.4) is 0 Å². The predicted molar refractivity (Wildman–Crippen MR) is 81.2 cm³/mol. The summed E-state index contributed by atoms with van der Waals surface area (Å²) in [6.45, 7) is 1.87. The number of benzene rings is 1. The smallest absolute Gasteiger partial charge is 0.340 e. The Morgan fingerprint density at radius 2 is 1.91 bits per heavy atom. The highest BCUT2D eigenvalue weighted by Crippen LogP contribution is 2.44. The van der Waals surface area contributed by atoms with Crippen molar-refractivity contribution in [2.24, 2.45) is 0 Å². The fourth-order valence-corrected chi connectivity index (χ4v) is 2.68. The summed E-state index contributed by atoms with van der Waals surface area (Å²) in [5, 5.41) is 25.0. The molecule has 1 N–H and O–H groups in total. The van der Waals surface area contributed by atoms with Crippen LogP contribution in [0.15, 0.2) is 6.07 Å². The summed E-state index contributed by atoms with van der Waals surface area (Å²) in [6.07, 6.45) is 0. The van der Waals surface area contributed by atoms with Gasteiger partial charge in [-0.3, -0.25) is 20.2 Å². The summed E-state index contributed by atoms with van der Waals surface area (Å²) in [4.78, 5) is 34.4. The number of nitrogens with zero attached hydrogens (tertiary/aromatic N) is 3. The monoisotopic (exact) mass is 344 g/mol. The van der Waals surface area contributed by atoms with Gasteiger partial charge in [-0.2, -0.15) is 0 Å². The molecule has 1 heterocycles. The Morgan fingerprint density at radius 1 is 1.30 bits per heavy atom. The third-order valence-electron chi connectivity index (χ3n) is 3.41. The molecular formula is C12H13ClN4O6. The van der Waals surface area contributed by atoms with E-state index in [4.69, 9.17) is 11.6 Å². The minimum atomic E-state index is -0.901. The second-order valence-electron chi connectivity index (χ2n) is 4.70. The van der Waals surface area contributed by atoms with Gasteiger partial charge in [0.05, 0.1) is 22.5 Å². The van der Waals surface area contributed by atoms with Crippen LogP contribution in [0, 0.1) is 20.2 Å². The lowest BCUT2D eigenvalue weighted by Gasteiger charge is -2.30. The number of ether oxygens (including phenoxy) is 1. The molecule has 1 aromatic rings. The highest BCUT2D eigenvalue weighted by atomic mass is 35.5. The summed E-state index contributed by atoms with van der Waals surface area (Å²) in [6, 6.07) is 0.915. The molecule has 0 bridgehead atoms. The molecule has 0 aliphatic carbocycles. The molecule has 0 saturated carbocycles. The first-order chi connectivity index (χ1) is 10.9. The first kappa shape index (κ1) is 16.9. The summed E-state index contributed by atoms with van der Waals surface area (Å²) >= 11 is 5.87. The van der Waals surface area contributed by atoms with Gasteiger partial charge in [-0.25, -0.2) is 4.79 Å². The third-order valence-corrected chi connectivity index (χ3v) is 3.78. The van der Waals surface area contributed by atoms with Crippen LogP contribution in [0.2, 0.25) is 5.02 Å². The van der Waals surface area contributed by atoms with Crippen LogP contribution in [0.5, 0.6) is 0 Å². The largest absolute Gasteiger partial charge is 0.465 e. The molecule has 0 radical (unpaired) electrons. The van der Waals surface area contributed by atoms with Crippen molar-refractivity contribution in [1.82, 2.24) is 5.32 Å². The van der Waals surface area contributed by atoms with E-state index >= 15 is 0 Å². The van der Waals surface area contributed by atoms with Gasteiger partial charge in [-0.05, 0) is 0 Å². The maximum atomic E-state index is 12.0. The lowest BCUT2D eigenvalue weighted by Crippen LogP contribution is -2.44. The van der Waals surface area contributed by atoms with Crippen LogP contribution in [-0.4, -0.2) is 49.1 Å². The maximum Gasteiger partial charge on any atom is 0.340 e. The van der Waals surface area contributed by atoms with E-state index in [1.807, 2.05) is 0 Å². The van der Waals surface area contributed by atoms with E-state index in [1.165, 1.54) is 0 Å². The first-order valence-electron chi connectivity index (χ1n) is 6.57. The zero-order valence-electron chi connectivity index (χ0n) is 12.1. The van der Waals surface area contributed by atoms with Gasteiger partial charge >= 0.3 is 11.7 Å². The summed E-state index contributed by atoms with van der Waals surface area (Å²) in [7, 11) is 1.09. The van der Waals surface area contributed by atoms with Crippen LogP contribution in [0.1, 0.15) is 10.4 Å². The van der Waals surface area contributed by atoms with Gasteiger partial charge in [0, 0.05) is 32.2 Å². The molecule has 0 unspecified atom stereocenters. The number of rotatable bonds is 4. The molecule has 1 saturated heterocycles. The molecule has 0 atom stereocenters. The molecule has 11 heteroatoms. The van der Waals surface area contributed by atoms with Gasteiger partial charge in [-0.1, -0.05) is 11.6 Å². The van der Waals surface area contributed by atoms with E-state index < -0.39 is 32.2 Å². The Hall–Kier alpha value is -2.46. The zero-order chi connectivity index (χ0) is 17.1. The number of nitro groups is 2. The summed E-state index contributed by atoms with van der Waals surface area (Å²) < 4.78 is 4.61. The number of hydrogen-bond donors (Lipinski definition) is 1. The quantitative estimate of drug-likeness (QED) is 0.492. The number of hydrogen-bond acceptors (Lipinski definition) is 8. The normalized spacial score (nSPS) is 14.4. The van der Waals surface area contributed by atoms with Crippen LogP contribution < -0.4 is 10.2 Å². The van der Waals surface area contributed by atoms with Crippen LogP contribution in [0.4, 0.5) is 17.1 Å². The Morgan fingerprint density at radius 3 is 2.39 bits per heavy atom. The lowest BCUT2D eigenvalue weighted by molar-refractivity contribution is -0.393. The number of carbonyl (C=O) groups excluding carboxylic acids is 1. The van der Waals surface area contributed by atoms with Crippen molar-refractivity contribution in [3.8, 4) is 0 Å². The van der Waals surface area contributed by atoms with E-state index in [9.17, 15) is 25.0 Å². The Kier molecular flexibility index (Phi) is 4.96. The molecule has 23 heavy (non-hydrogen) atoms. The second kappa shape index (κ2) is 6.75. The highest BCUT2D eigenvalue weighted by molar-refractivity contribution is 6.35. The molecule has 2 rings (SSSR count). The van der Waals surface area contributed by atoms with Gasteiger partial charge in [0.1, 0.15) is 5.69 Å². The average Bonchev–Trinajstić information content (AvgIpc) is 2.53. The van der Waals surface area contributed by atoms with Gasteiger partial charge in [0.2, 0.25) is 0 Å². The minimum Gasteiger partial charge on any atom is -0.465 e. The van der Waals surface area contributed by atoms with Crippen molar-refractivity contribution in [2.75, 3.05) is 38.2 Å². The SMILES string of the molecule is COC(=O)c1cc([N+](=O)[O-])c(Cl)c([N+](=O)[O-])c1N1CCNCC1. The molecule has 124 valence electrons. The molecule has 10 nitrogen and oxygen atoms in total. The predicted octanol–water partition coefficient (Wildman–Crippen LogP) is 1.35. The third kappa shape index (κ3) is 3.17. The highest BCUT2D eigenvalue weighted by Gasteiger charge is 2.36. The standard InChI is InChI=1S/C12H13ClN4O6/c1-23-12(18)7-6-8(16(19)20)9(13)11(17(21)22)10(7)15-4-2-14-3-5-15/h6,14H,2-5H2,1H3. The molecule has 0 aromatic heterocycles. The number of methoxy groups -OCH3 is 1. The van der Waals surface area contributed by atoms with Gasteiger partial charge < -0.3 is 15.0 Å². The molecule has 1 aliphatic heterocycles. The van der Waals surface area contributed by atoms with Crippen molar-refractivity contribution >= 4 is 34.6 Å². The Balaban J connectivity index is 2.78. The Bertz CT molecular complexity index is 674. The number of nitrogens with one attached hydrogen (secondary N) is 1. The maximum absolute atomic E-state index is 12.0. The number of piperazine rings is 1. The average molecular weight is 345 g/mol. The molecule has 1 aromatic carbocycles. The molecule has 1 aliphatic rings. The second-order valence-corrected chi connectivity index (χ2v) is 5.08. The zero-order valence-corrected chi connectivity index (χ0v) is 12.8. The summed E-state index contributed by atoms with van der Waals surface area (Å²) in [5.41, 5.74) is -1.68. The Labute approximate surface area is 135 Å². The summed E-state index contributed by atoms with van der Waals surface area (Å²) in [5.74, 6) is -0.901. The van der Waals surface area contributed by atoms with Crippen LogP contribution >= 0.6 is 11.6 Å². The van der Waals surface area contributed by atoms with E-state index in [-0.39, 0.29) is 11.3 Å². The van der Waals surface area contributed by atoms with Gasteiger partial charge in [0.15, 0.2) is 5.02 Å². The van der Waals surface area contributed by atoms with Crippen molar-refractivity contribution < 1.29 is 19.4 Å². The number of halogens is 1. The minimum absolute atomic E-state index is 0.0565. The van der Waals surface area contributed by atoms with Crippen LogP contribution in [-0.2, 0) is 4.74 Å². The fraction of sp³-hybridized carbons (Fsp3) is 0.417. The number of carbonyl (C=O) groups is 1. The van der Waals surface area contributed by atoms with Crippen molar-refractivity contribution in [1.29, 1.82) is 0 Å². The number of esters is 1. The van der Waals surface area contributed by atoms with E-state index in [1.54, 1.807) is 4.90 Å². The number of anilines is 1. The molecule has 0 amide bonds. The fourth-order valence-electron chi connectivity index (χ4n) is 2.39. The topological polar surface area (TPSA) is 128 Å². The van der Waals surface area contributed by atoms with Crippen LogP contribution in [0.25, 0.3) is 0 Å². The van der Waals surface area contributed by atoms with Gasteiger partial charge in [0.25, 0.3) is 5.69 Å². The van der Waals surface area contributed by atoms with E-state index in [0.29, 0.717) is 26.2 Å². The molecule has 0 spiro atoms. The van der Waals surface area contributed by atoms with E-state index in [2.05, 4.69) is 10.1 Å². The molecular weight excluding hydrogens is 332 g/mol.